The normalized spacial score (nSPS) is 10.2. The number of rotatable bonds is 9. The molecule has 0 spiro atoms. The van der Waals surface area contributed by atoms with Crippen molar-refractivity contribution in [3.05, 3.63) is 6.42 Å². The zero-order chi connectivity index (χ0) is 9.94. The summed E-state index contributed by atoms with van der Waals surface area (Å²) < 4.78 is 0. The van der Waals surface area contributed by atoms with Crippen molar-refractivity contribution in [2.75, 3.05) is 0 Å². The molecule has 1 radical (unpaired) electrons. The summed E-state index contributed by atoms with van der Waals surface area (Å²) in [5.41, 5.74) is 0. The number of hydrogen-bond acceptors (Lipinski definition) is 1. The summed E-state index contributed by atoms with van der Waals surface area (Å²) in [5, 5.41) is 8.38. The van der Waals surface area contributed by atoms with Crippen LogP contribution in [0.4, 0.5) is 0 Å². The first kappa shape index (κ1) is 12.5. The summed E-state index contributed by atoms with van der Waals surface area (Å²) in [4.78, 5) is 10.2. The molecule has 0 saturated carbocycles. The van der Waals surface area contributed by atoms with Crippen LogP contribution >= 0.6 is 0 Å². The van der Waals surface area contributed by atoms with Crippen LogP contribution in [-0.2, 0) is 4.79 Å². The maximum atomic E-state index is 10.2. The smallest absolute Gasteiger partial charge is 0.303 e. The van der Waals surface area contributed by atoms with Gasteiger partial charge in [0.05, 0.1) is 0 Å². The second kappa shape index (κ2) is 9.56. The summed E-state index contributed by atoms with van der Waals surface area (Å²) in [5.74, 6) is -0.675. The van der Waals surface area contributed by atoms with Gasteiger partial charge in [0.1, 0.15) is 0 Å². The highest BCUT2D eigenvalue weighted by atomic mass is 16.4. The number of carbonyl (C=O) groups is 1. The number of carboxylic acids is 1. The lowest BCUT2D eigenvalue weighted by Gasteiger charge is -1.99. The first-order valence-electron chi connectivity index (χ1n) is 5.30. The lowest BCUT2D eigenvalue weighted by molar-refractivity contribution is -0.137. The molecule has 0 amide bonds. The lowest BCUT2D eigenvalue weighted by atomic mass is 10.1. The minimum absolute atomic E-state index is 0.322. The van der Waals surface area contributed by atoms with E-state index in [1.807, 2.05) is 0 Å². The van der Waals surface area contributed by atoms with Gasteiger partial charge in [0.25, 0.3) is 0 Å². The van der Waals surface area contributed by atoms with E-state index in [1.54, 1.807) is 0 Å². The average Bonchev–Trinajstić information content (AvgIpc) is 2.09. The van der Waals surface area contributed by atoms with Crippen molar-refractivity contribution in [2.24, 2.45) is 0 Å². The molecule has 0 unspecified atom stereocenters. The monoisotopic (exact) mass is 185 g/mol. The SMILES string of the molecule is CCCCC[CH]CCCCC(=O)O. The molecular formula is C11H21O2. The Bertz CT molecular complexity index is 121. The van der Waals surface area contributed by atoms with Crippen molar-refractivity contribution in [1.29, 1.82) is 0 Å². The van der Waals surface area contributed by atoms with E-state index in [-0.39, 0.29) is 0 Å². The van der Waals surface area contributed by atoms with Crippen molar-refractivity contribution in [1.82, 2.24) is 0 Å². The van der Waals surface area contributed by atoms with E-state index >= 15 is 0 Å². The van der Waals surface area contributed by atoms with Crippen molar-refractivity contribution < 1.29 is 9.90 Å². The standard InChI is InChI=1S/C11H21O2/c1-2-3-4-5-6-7-8-9-10-11(12)13/h6H,2-5,7-10H2,1H3,(H,12,13). The molecular weight excluding hydrogens is 164 g/mol. The molecule has 0 bridgehead atoms. The van der Waals surface area contributed by atoms with Gasteiger partial charge in [0, 0.05) is 6.42 Å². The minimum Gasteiger partial charge on any atom is -0.481 e. The Hall–Kier alpha value is -0.530. The van der Waals surface area contributed by atoms with Gasteiger partial charge in [-0.25, -0.2) is 0 Å². The van der Waals surface area contributed by atoms with Crippen LogP contribution in [0.15, 0.2) is 0 Å². The Balaban J connectivity index is 2.87. The van der Waals surface area contributed by atoms with Crippen molar-refractivity contribution in [3.63, 3.8) is 0 Å². The maximum Gasteiger partial charge on any atom is 0.303 e. The predicted molar refractivity (Wildman–Crippen MR) is 54.5 cm³/mol. The van der Waals surface area contributed by atoms with Crippen LogP contribution < -0.4 is 0 Å². The molecule has 0 aliphatic rings. The van der Waals surface area contributed by atoms with Gasteiger partial charge in [-0.2, -0.15) is 0 Å². The van der Waals surface area contributed by atoms with E-state index in [1.165, 1.54) is 25.7 Å². The van der Waals surface area contributed by atoms with Gasteiger partial charge < -0.3 is 5.11 Å². The molecule has 0 aliphatic carbocycles. The van der Waals surface area contributed by atoms with Gasteiger partial charge >= 0.3 is 5.97 Å². The molecule has 13 heavy (non-hydrogen) atoms. The highest BCUT2D eigenvalue weighted by Crippen LogP contribution is 2.08. The fourth-order valence-corrected chi connectivity index (χ4v) is 1.25. The zero-order valence-electron chi connectivity index (χ0n) is 8.59. The molecule has 0 aromatic rings. The number of aliphatic carboxylic acids is 1. The van der Waals surface area contributed by atoms with E-state index in [0.29, 0.717) is 6.42 Å². The molecule has 2 nitrogen and oxygen atoms in total. The summed E-state index contributed by atoms with van der Waals surface area (Å²) in [6.07, 6.45) is 10.6. The molecule has 0 heterocycles. The molecule has 0 saturated heterocycles. The predicted octanol–water partition coefficient (Wildman–Crippen LogP) is 3.42. The van der Waals surface area contributed by atoms with Gasteiger partial charge in [-0.3, -0.25) is 4.79 Å². The van der Waals surface area contributed by atoms with Crippen LogP contribution in [-0.4, -0.2) is 11.1 Å². The molecule has 0 fully saturated rings. The number of hydrogen-bond donors (Lipinski definition) is 1. The fourth-order valence-electron chi connectivity index (χ4n) is 1.25. The summed E-state index contributed by atoms with van der Waals surface area (Å²) in [6.45, 7) is 2.20. The summed E-state index contributed by atoms with van der Waals surface area (Å²) in [6, 6.07) is 0. The summed E-state index contributed by atoms with van der Waals surface area (Å²) >= 11 is 0. The van der Waals surface area contributed by atoms with Crippen LogP contribution in [0.2, 0.25) is 0 Å². The first-order chi connectivity index (χ1) is 6.27. The molecule has 0 aromatic carbocycles. The van der Waals surface area contributed by atoms with Gasteiger partial charge in [0.15, 0.2) is 0 Å². The van der Waals surface area contributed by atoms with E-state index < -0.39 is 5.97 Å². The molecule has 0 aromatic heterocycles. The molecule has 0 atom stereocenters. The van der Waals surface area contributed by atoms with E-state index in [9.17, 15) is 4.79 Å². The van der Waals surface area contributed by atoms with Crippen molar-refractivity contribution in [2.45, 2.75) is 58.3 Å². The lowest BCUT2D eigenvalue weighted by Crippen LogP contribution is -1.93. The van der Waals surface area contributed by atoms with Crippen LogP contribution in [0, 0.1) is 6.42 Å². The third kappa shape index (κ3) is 11.5. The van der Waals surface area contributed by atoms with Gasteiger partial charge in [0.2, 0.25) is 0 Å². The Morgan fingerprint density at radius 2 is 1.77 bits per heavy atom. The third-order valence-electron chi connectivity index (χ3n) is 2.06. The molecule has 2 heteroatoms. The highest BCUT2D eigenvalue weighted by Gasteiger charge is 1.96. The van der Waals surface area contributed by atoms with E-state index in [0.717, 1.165) is 19.3 Å². The quantitative estimate of drug-likeness (QED) is 0.559. The minimum atomic E-state index is -0.675. The van der Waals surface area contributed by atoms with Crippen LogP contribution in [0.1, 0.15) is 58.3 Å². The Labute approximate surface area is 81.3 Å². The van der Waals surface area contributed by atoms with Crippen molar-refractivity contribution in [3.8, 4) is 0 Å². The highest BCUT2D eigenvalue weighted by molar-refractivity contribution is 5.66. The molecule has 0 rings (SSSR count). The molecule has 1 N–H and O–H groups in total. The number of unbranched alkanes of at least 4 members (excludes halogenated alkanes) is 7. The van der Waals surface area contributed by atoms with Crippen LogP contribution in [0.5, 0.6) is 0 Å². The van der Waals surface area contributed by atoms with Gasteiger partial charge in [-0.15, -0.1) is 0 Å². The Morgan fingerprint density at radius 3 is 2.31 bits per heavy atom. The topological polar surface area (TPSA) is 37.3 Å². The van der Waals surface area contributed by atoms with Crippen LogP contribution in [0.3, 0.4) is 0 Å². The fraction of sp³-hybridized carbons (Fsp3) is 0.818. The largest absolute Gasteiger partial charge is 0.481 e. The van der Waals surface area contributed by atoms with Crippen molar-refractivity contribution >= 4 is 5.97 Å². The van der Waals surface area contributed by atoms with E-state index in [2.05, 4.69) is 13.3 Å². The van der Waals surface area contributed by atoms with E-state index in [4.69, 9.17) is 5.11 Å². The Morgan fingerprint density at radius 1 is 1.15 bits per heavy atom. The second-order valence-electron chi connectivity index (χ2n) is 3.42. The van der Waals surface area contributed by atoms with Gasteiger partial charge in [-0.05, 0) is 12.8 Å². The maximum absolute atomic E-state index is 10.2. The van der Waals surface area contributed by atoms with Gasteiger partial charge in [-0.1, -0.05) is 45.4 Å². The third-order valence-corrected chi connectivity index (χ3v) is 2.06. The zero-order valence-corrected chi connectivity index (χ0v) is 8.59. The second-order valence-corrected chi connectivity index (χ2v) is 3.42. The summed E-state index contributed by atoms with van der Waals surface area (Å²) in [7, 11) is 0. The number of carboxylic acid groups (broad SMARTS) is 1. The Kier molecular flexibility index (Phi) is 9.17. The molecule has 77 valence electrons. The molecule has 0 aliphatic heterocycles. The first-order valence-corrected chi connectivity index (χ1v) is 5.30. The average molecular weight is 185 g/mol. The van der Waals surface area contributed by atoms with Crippen LogP contribution in [0.25, 0.3) is 0 Å².